The summed E-state index contributed by atoms with van der Waals surface area (Å²) < 4.78 is 0. The highest BCUT2D eigenvalue weighted by Crippen LogP contribution is 2.25. The molecular formula is C15H32N2O. The second kappa shape index (κ2) is 8.13. The molecule has 0 aromatic heterocycles. The van der Waals surface area contributed by atoms with Crippen LogP contribution < -0.4 is 5.32 Å². The first-order valence-corrected chi connectivity index (χ1v) is 7.64. The zero-order valence-electron chi connectivity index (χ0n) is 12.5. The maximum Gasteiger partial charge on any atom is 0.0558 e. The van der Waals surface area contributed by atoms with Crippen LogP contribution >= 0.6 is 0 Å². The molecule has 0 spiro atoms. The highest BCUT2D eigenvalue weighted by Gasteiger charge is 2.27. The van der Waals surface area contributed by atoms with Gasteiger partial charge in [-0.25, -0.2) is 0 Å². The van der Waals surface area contributed by atoms with Gasteiger partial charge in [0.2, 0.25) is 0 Å². The molecule has 108 valence electrons. The third-order valence-electron chi connectivity index (χ3n) is 3.96. The fourth-order valence-corrected chi connectivity index (χ4v) is 3.03. The van der Waals surface area contributed by atoms with Crippen LogP contribution in [0.5, 0.6) is 0 Å². The van der Waals surface area contributed by atoms with Crippen LogP contribution in [0.25, 0.3) is 0 Å². The van der Waals surface area contributed by atoms with Crippen molar-refractivity contribution in [3.63, 3.8) is 0 Å². The van der Waals surface area contributed by atoms with Crippen LogP contribution in [-0.2, 0) is 0 Å². The number of rotatable bonds is 8. The predicted octanol–water partition coefficient (Wildman–Crippen LogP) is 2.25. The van der Waals surface area contributed by atoms with E-state index < -0.39 is 0 Å². The lowest BCUT2D eigenvalue weighted by Gasteiger charge is -2.39. The molecule has 0 amide bonds. The van der Waals surface area contributed by atoms with Gasteiger partial charge in [0, 0.05) is 25.7 Å². The summed E-state index contributed by atoms with van der Waals surface area (Å²) in [5.41, 5.74) is 0.280. The molecule has 0 radical (unpaired) electrons. The highest BCUT2D eigenvalue weighted by atomic mass is 16.3. The Kier molecular flexibility index (Phi) is 7.20. The third-order valence-corrected chi connectivity index (χ3v) is 3.96. The minimum Gasteiger partial charge on any atom is -0.395 e. The summed E-state index contributed by atoms with van der Waals surface area (Å²) in [4.78, 5) is 2.52. The van der Waals surface area contributed by atoms with Crippen molar-refractivity contribution < 1.29 is 5.11 Å². The Morgan fingerprint density at radius 3 is 2.44 bits per heavy atom. The zero-order chi connectivity index (χ0) is 13.4. The molecule has 0 unspecified atom stereocenters. The van der Waals surface area contributed by atoms with E-state index in [0.717, 1.165) is 26.2 Å². The Bertz CT molecular complexity index is 213. The van der Waals surface area contributed by atoms with Gasteiger partial charge >= 0.3 is 0 Å². The molecule has 0 aliphatic heterocycles. The second-order valence-electron chi connectivity index (χ2n) is 6.43. The monoisotopic (exact) mass is 256 g/mol. The average Bonchev–Trinajstić information content (AvgIpc) is 2.37. The number of hydrogen-bond acceptors (Lipinski definition) is 3. The Morgan fingerprint density at radius 2 is 1.89 bits per heavy atom. The molecule has 1 fully saturated rings. The minimum atomic E-state index is 0.280. The van der Waals surface area contributed by atoms with Gasteiger partial charge in [-0.3, -0.25) is 4.90 Å². The standard InChI is InChI=1S/C15H32N2O/c1-4-16-12-15(2,3)13-17(10-11-18)14-8-6-5-7-9-14/h14,16,18H,4-13H2,1-3H3. The fourth-order valence-electron chi connectivity index (χ4n) is 3.03. The molecule has 2 N–H and O–H groups in total. The lowest BCUT2D eigenvalue weighted by atomic mass is 9.89. The van der Waals surface area contributed by atoms with E-state index in [1.54, 1.807) is 0 Å². The first-order chi connectivity index (χ1) is 8.59. The van der Waals surface area contributed by atoms with Crippen LogP contribution in [0.1, 0.15) is 52.9 Å². The molecule has 1 aliphatic carbocycles. The SMILES string of the molecule is CCNCC(C)(C)CN(CCO)C1CCCCC1. The van der Waals surface area contributed by atoms with Crippen molar-refractivity contribution in [3.05, 3.63) is 0 Å². The van der Waals surface area contributed by atoms with E-state index in [0.29, 0.717) is 6.04 Å². The number of aliphatic hydroxyl groups excluding tert-OH is 1. The Morgan fingerprint density at radius 1 is 1.22 bits per heavy atom. The molecule has 0 aromatic rings. The molecule has 1 saturated carbocycles. The predicted molar refractivity (Wildman–Crippen MR) is 77.9 cm³/mol. The first-order valence-electron chi connectivity index (χ1n) is 7.64. The zero-order valence-corrected chi connectivity index (χ0v) is 12.5. The van der Waals surface area contributed by atoms with Gasteiger partial charge in [0.05, 0.1) is 6.61 Å². The van der Waals surface area contributed by atoms with Crippen LogP contribution in [0.2, 0.25) is 0 Å². The molecule has 0 heterocycles. The molecule has 0 atom stereocenters. The minimum absolute atomic E-state index is 0.280. The summed E-state index contributed by atoms with van der Waals surface area (Å²) in [5.74, 6) is 0. The molecule has 0 saturated heterocycles. The third kappa shape index (κ3) is 5.68. The summed E-state index contributed by atoms with van der Waals surface area (Å²) in [7, 11) is 0. The van der Waals surface area contributed by atoms with Gasteiger partial charge in [0.15, 0.2) is 0 Å². The molecule has 1 rings (SSSR count). The molecular weight excluding hydrogens is 224 g/mol. The summed E-state index contributed by atoms with van der Waals surface area (Å²) in [6.45, 7) is 11.1. The van der Waals surface area contributed by atoms with Gasteiger partial charge < -0.3 is 10.4 Å². The summed E-state index contributed by atoms with van der Waals surface area (Å²) in [6, 6.07) is 0.701. The van der Waals surface area contributed by atoms with Crippen LogP contribution in [0.15, 0.2) is 0 Å². The van der Waals surface area contributed by atoms with Crippen molar-refractivity contribution in [2.45, 2.75) is 58.9 Å². The summed E-state index contributed by atoms with van der Waals surface area (Å²) >= 11 is 0. The van der Waals surface area contributed by atoms with Crippen molar-refractivity contribution in [2.24, 2.45) is 5.41 Å². The number of nitrogens with zero attached hydrogens (tertiary/aromatic N) is 1. The summed E-state index contributed by atoms with van der Waals surface area (Å²) in [5, 5.41) is 12.7. The van der Waals surface area contributed by atoms with Crippen LogP contribution in [0.3, 0.4) is 0 Å². The molecule has 3 heteroatoms. The van der Waals surface area contributed by atoms with Crippen molar-refractivity contribution in [2.75, 3.05) is 32.8 Å². The topological polar surface area (TPSA) is 35.5 Å². The Balaban J connectivity index is 2.49. The highest BCUT2D eigenvalue weighted by molar-refractivity contribution is 4.82. The van der Waals surface area contributed by atoms with Crippen molar-refractivity contribution >= 4 is 0 Å². The van der Waals surface area contributed by atoms with E-state index in [1.807, 2.05) is 0 Å². The molecule has 0 aromatic carbocycles. The van der Waals surface area contributed by atoms with Crippen molar-refractivity contribution in [1.82, 2.24) is 10.2 Å². The van der Waals surface area contributed by atoms with Crippen molar-refractivity contribution in [3.8, 4) is 0 Å². The van der Waals surface area contributed by atoms with E-state index in [9.17, 15) is 5.11 Å². The lowest BCUT2D eigenvalue weighted by molar-refractivity contribution is 0.0827. The molecule has 0 bridgehead atoms. The van der Waals surface area contributed by atoms with E-state index in [-0.39, 0.29) is 12.0 Å². The van der Waals surface area contributed by atoms with E-state index >= 15 is 0 Å². The van der Waals surface area contributed by atoms with E-state index in [4.69, 9.17) is 0 Å². The number of hydrogen-bond donors (Lipinski definition) is 2. The first kappa shape index (κ1) is 15.9. The van der Waals surface area contributed by atoms with Gasteiger partial charge in [0.25, 0.3) is 0 Å². The fraction of sp³-hybridized carbons (Fsp3) is 1.00. The second-order valence-corrected chi connectivity index (χ2v) is 6.43. The van der Waals surface area contributed by atoms with Crippen LogP contribution in [0, 0.1) is 5.41 Å². The quantitative estimate of drug-likeness (QED) is 0.699. The molecule has 3 nitrogen and oxygen atoms in total. The number of aliphatic hydroxyl groups is 1. The smallest absolute Gasteiger partial charge is 0.0558 e. The van der Waals surface area contributed by atoms with Gasteiger partial charge in [-0.2, -0.15) is 0 Å². The molecule has 1 aliphatic rings. The van der Waals surface area contributed by atoms with E-state index in [2.05, 4.69) is 31.0 Å². The van der Waals surface area contributed by atoms with Gasteiger partial charge in [-0.1, -0.05) is 40.0 Å². The van der Waals surface area contributed by atoms with Crippen molar-refractivity contribution in [1.29, 1.82) is 0 Å². The largest absolute Gasteiger partial charge is 0.395 e. The summed E-state index contributed by atoms with van der Waals surface area (Å²) in [6.07, 6.45) is 6.75. The average molecular weight is 256 g/mol. The number of nitrogens with one attached hydrogen (secondary N) is 1. The maximum absolute atomic E-state index is 9.28. The Hall–Kier alpha value is -0.120. The van der Waals surface area contributed by atoms with Gasteiger partial charge in [-0.15, -0.1) is 0 Å². The van der Waals surface area contributed by atoms with Crippen LogP contribution in [0.4, 0.5) is 0 Å². The van der Waals surface area contributed by atoms with Gasteiger partial charge in [-0.05, 0) is 24.8 Å². The lowest BCUT2D eigenvalue weighted by Crippen LogP contribution is -2.46. The maximum atomic E-state index is 9.28. The van der Waals surface area contributed by atoms with E-state index in [1.165, 1.54) is 32.1 Å². The normalized spacial score (nSPS) is 18.5. The van der Waals surface area contributed by atoms with Gasteiger partial charge in [0.1, 0.15) is 0 Å². The molecule has 18 heavy (non-hydrogen) atoms. The van der Waals surface area contributed by atoms with Crippen LogP contribution in [-0.4, -0.2) is 48.8 Å². The Labute approximate surface area is 113 Å².